The van der Waals surface area contributed by atoms with Gasteiger partial charge in [-0.05, 0) is 0 Å². The molecule has 0 atom stereocenters. The summed E-state index contributed by atoms with van der Waals surface area (Å²) in [6, 6.07) is 0. The van der Waals surface area contributed by atoms with Crippen LogP contribution in [0.15, 0.2) is 0 Å². The molecule has 0 fully saturated rings. The molecule has 4 nitrogen and oxygen atoms in total. The Labute approximate surface area is 134 Å². The summed E-state index contributed by atoms with van der Waals surface area (Å²) >= 11 is 0. The minimum atomic E-state index is -4.64. The van der Waals surface area contributed by atoms with Crippen molar-refractivity contribution in [2.75, 3.05) is 0 Å². The summed E-state index contributed by atoms with van der Waals surface area (Å²) in [5, 5.41) is 0. The number of rotatable bonds is 0. The first-order chi connectivity index (χ1) is 2.00. The van der Waals surface area contributed by atoms with Crippen LogP contribution in [0, 0.1) is 0 Å². The van der Waals surface area contributed by atoms with Crippen LogP contribution in [0.25, 0.3) is 0 Å². The molecule has 0 spiro atoms. The normalized spacial score (nSPS) is 7.38. The van der Waals surface area contributed by atoms with E-state index in [1.807, 2.05) is 0 Å². The fourth-order valence-corrected chi connectivity index (χ4v) is 0. The van der Waals surface area contributed by atoms with Crippen molar-refractivity contribution in [3.63, 3.8) is 0 Å². The van der Waals surface area contributed by atoms with Crippen molar-refractivity contribution in [1.82, 2.24) is 0 Å². The van der Waals surface area contributed by atoms with Crippen LogP contribution in [-0.4, -0.2) is 63.6 Å². The zero-order chi connectivity index (χ0) is 4.50. The van der Waals surface area contributed by atoms with E-state index in [-0.39, 0.29) is 111 Å². The SMILES string of the molecule is O=P(O)(O)O.[Ba+2].[H-].[H-].[Y].[Zr]. The van der Waals surface area contributed by atoms with Crippen molar-refractivity contribution >= 4 is 56.7 Å². The standard InChI is InChI=1S/Ba.H3O4P.Y.Zr.2H/c;1-5(2,3)4;;;;/h;(H3,1,2,3,4);;;;/q+2;;;;2*-1. The molecule has 0 rings (SSSR count). The first-order valence-corrected chi connectivity index (χ1v) is 2.35. The first kappa shape index (κ1) is 22.6. The topological polar surface area (TPSA) is 77.8 Å². The number of phosphoric acid groups is 1. The van der Waals surface area contributed by atoms with Gasteiger partial charge in [0.15, 0.2) is 0 Å². The molecule has 0 aliphatic rings. The monoisotopic (exact) mass is 417 g/mol. The molecule has 1 radical (unpaired) electrons. The largest absolute Gasteiger partial charge is 2.00 e. The summed E-state index contributed by atoms with van der Waals surface area (Å²) in [4.78, 5) is 21.6. The molecule has 0 aliphatic heterocycles. The number of hydrogen-bond donors (Lipinski definition) is 3. The molecule has 8 heavy (non-hydrogen) atoms. The Bertz CT molecular complexity index is 69.4. The van der Waals surface area contributed by atoms with Crippen LogP contribution < -0.4 is 0 Å². The van der Waals surface area contributed by atoms with Crippen molar-refractivity contribution in [2.24, 2.45) is 0 Å². The molecule has 0 amide bonds. The fraction of sp³-hybridized carbons (Fsp3) is 0. The van der Waals surface area contributed by atoms with Gasteiger partial charge in [0, 0.05) is 58.9 Å². The van der Waals surface area contributed by atoms with Gasteiger partial charge >= 0.3 is 56.7 Å². The van der Waals surface area contributed by atoms with Gasteiger partial charge in [-0.15, -0.1) is 0 Å². The van der Waals surface area contributed by atoms with Gasteiger partial charge < -0.3 is 17.5 Å². The van der Waals surface area contributed by atoms with Crippen LogP contribution >= 0.6 is 7.82 Å². The average Bonchev–Trinajstić information content (AvgIpc) is 0.722. The van der Waals surface area contributed by atoms with E-state index in [1.54, 1.807) is 0 Å². The van der Waals surface area contributed by atoms with Gasteiger partial charge in [-0.1, -0.05) is 0 Å². The molecular formula is H5BaO4PYZr. The van der Waals surface area contributed by atoms with Crippen molar-refractivity contribution < 1.29 is 81.0 Å². The van der Waals surface area contributed by atoms with Gasteiger partial charge in [0.25, 0.3) is 0 Å². The van der Waals surface area contributed by atoms with E-state index in [1.165, 1.54) is 0 Å². The zero-order valence-electron chi connectivity index (χ0n) is 5.98. The van der Waals surface area contributed by atoms with Crippen LogP contribution in [0.2, 0.25) is 0 Å². The van der Waals surface area contributed by atoms with Crippen molar-refractivity contribution in [2.45, 2.75) is 0 Å². The Morgan fingerprint density at radius 1 is 1.25 bits per heavy atom. The number of hydrogen-bond acceptors (Lipinski definition) is 1. The van der Waals surface area contributed by atoms with Gasteiger partial charge in [-0.3, -0.25) is 0 Å². The molecule has 0 aromatic rings. The van der Waals surface area contributed by atoms with E-state index in [2.05, 4.69) is 0 Å². The Balaban J connectivity index is -0.00000000800. The van der Waals surface area contributed by atoms with Gasteiger partial charge in [-0.25, -0.2) is 4.57 Å². The summed E-state index contributed by atoms with van der Waals surface area (Å²) in [5.74, 6) is 0. The van der Waals surface area contributed by atoms with E-state index in [0.717, 1.165) is 0 Å². The summed E-state index contributed by atoms with van der Waals surface area (Å²) in [5.41, 5.74) is 0. The minimum Gasteiger partial charge on any atom is -1.00 e. The van der Waals surface area contributed by atoms with E-state index in [0.29, 0.717) is 0 Å². The Morgan fingerprint density at radius 2 is 1.25 bits per heavy atom. The summed E-state index contributed by atoms with van der Waals surface area (Å²) in [7, 11) is -4.64. The average molecular weight is 417 g/mol. The third-order valence-electron chi connectivity index (χ3n) is 0. The second-order valence-corrected chi connectivity index (χ2v) is 1.54. The zero-order valence-corrected chi connectivity index (χ0v) is 14.6. The van der Waals surface area contributed by atoms with Crippen LogP contribution in [0.3, 0.4) is 0 Å². The molecule has 0 aromatic carbocycles. The van der Waals surface area contributed by atoms with Crippen molar-refractivity contribution in [3.8, 4) is 0 Å². The summed E-state index contributed by atoms with van der Waals surface area (Å²) < 4.78 is 8.88. The molecule has 0 unspecified atom stereocenters. The van der Waals surface area contributed by atoms with E-state index < -0.39 is 7.82 Å². The maximum Gasteiger partial charge on any atom is 2.00 e. The summed E-state index contributed by atoms with van der Waals surface area (Å²) in [6.07, 6.45) is 0. The molecule has 0 bridgehead atoms. The van der Waals surface area contributed by atoms with Gasteiger partial charge in [-0.2, -0.15) is 0 Å². The molecule has 0 saturated carbocycles. The smallest absolute Gasteiger partial charge is 1.00 e. The van der Waals surface area contributed by atoms with E-state index in [9.17, 15) is 0 Å². The minimum absolute atomic E-state index is 0. The third kappa shape index (κ3) is 54.0. The predicted molar refractivity (Wildman–Crippen MR) is 22.2 cm³/mol. The molecule has 3 N–H and O–H groups in total. The van der Waals surface area contributed by atoms with Crippen LogP contribution in [0.5, 0.6) is 0 Å². The maximum atomic E-state index is 8.88. The fourth-order valence-electron chi connectivity index (χ4n) is 0. The molecule has 0 aromatic heterocycles. The molecule has 0 saturated heterocycles. The molecule has 0 heterocycles. The second kappa shape index (κ2) is 10.7. The first-order valence-electron chi connectivity index (χ1n) is 0.783. The molecular weight excluding hydrogens is 412 g/mol. The predicted octanol–water partition coefficient (Wildman–Crippen LogP) is -1.09. The Morgan fingerprint density at radius 3 is 1.25 bits per heavy atom. The van der Waals surface area contributed by atoms with E-state index in [4.69, 9.17) is 19.2 Å². The van der Waals surface area contributed by atoms with Crippen molar-refractivity contribution in [1.29, 1.82) is 0 Å². The Kier molecular flexibility index (Phi) is 30.1. The molecule has 8 heteroatoms. The summed E-state index contributed by atoms with van der Waals surface area (Å²) in [6.45, 7) is 0. The van der Waals surface area contributed by atoms with Crippen molar-refractivity contribution in [3.05, 3.63) is 0 Å². The molecule has 43 valence electrons. The quantitative estimate of drug-likeness (QED) is 0.346. The van der Waals surface area contributed by atoms with Gasteiger partial charge in [0.05, 0.1) is 0 Å². The van der Waals surface area contributed by atoms with Gasteiger partial charge in [0.1, 0.15) is 0 Å². The Hall–Kier alpha value is 3.67. The van der Waals surface area contributed by atoms with Crippen LogP contribution in [0.4, 0.5) is 0 Å². The van der Waals surface area contributed by atoms with Crippen LogP contribution in [-0.2, 0) is 63.5 Å². The third-order valence-corrected chi connectivity index (χ3v) is 0. The maximum absolute atomic E-state index is 8.88. The van der Waals surface area contributed by atoms with Crippen LogP contribution in [0.1, 0.15) is 2.85 Å². The second-order valence-electron chi connectivity index (χ2n) is 0.513. The van der Waals surface area contributed by atoms with Gasteiger partial charge in [0.2, 0.25) is 0 Å². The van der Waals surface area contributed by atoms with E-state index >= 15 is 0 Å². The molecule has 0 aliphatic carbocycles.